The van der Waals surface area contributed by atoms with E-state index in [0.717, 1.165) is 18.2 Å². The van der Waals surface area contributed by atoms with E-state index in [-0.39, 0.29) is 28.5 Å². The van der Waals surface area contributed by atoms with Crippen molar-refractivity contribution in [3.63, 3.8) is 0 Å². The maximum absolute atomic E-state index is 12.8. The van der Waals surface area contributed by atoms with E-state index in [1.807, 2.05) is 0 Å². The molecule has 0 atom stereocenters. The Bertz CT molecular complexity index is 722. The first-order chi connectivity index (χ1) is 9.86. The SMILES string of the molecule is COc1nc(C#N)ncc1-c1cc(C(F)(F)F)ccc1N. The van der Waals surface area contributed by atoms with Gasteiger partial charge in [0, 0.05) is 17.4 Å². The van der Waals surface area contributed by atoms with Gasteiger partial charge in [0.1, 0.15) is 6.07 Å². The van der Waals surface area contributed by atoms with Gasteiger partial charge in [-0.3, -0.25) is 0 Å². The molecule has 21 heavy (non-hydrogen) atoms. The molecule has 1 aromatic heterocycles. The Balaban J connectivity index is 2.64. The molecule has 0 unspecified atom stereocenters. The topological polar surface area (TPSA) is 84.8 Å². The molecule has 8 heteroatoms. The van der Waals surface area contributed by atoms with Gasteiger partial charge in [-0.2, -0.15) is 23.4 Å². The Kier molecular flexibility index (Phi) is 3.67. The van der Waals surface area contributed by atoms with E-state index < -0.39 is 11.7 Å². The van der Waals surface area contributed by atoms with Crippen LogP contribution in [0.1, 0.15) is 11.4 Å². The van der Waals surface area contributed by atoms with Crippen LogP contribution in [0.5, 0.6) is 5.88 Å². The Hall–Kier alpha value is -2.82. The molecule has 0 spiro atoms. The molecule has 0 bridgehead atoms. The van der Waals surface area contributed by atoms with Crippen LogP contribution in [0.15, 0.2) is 24.4 Å². The molecule has 5 nitrogen and oxygen atoms in total. The second-order valence-electron chi connectivity index (χ2n) is 4.03. The number of methoxy groups -OCH3 is 1. The van der Waals surface area contributed by atoms with Crippen molar-refractivity contribution in [1.29, 1.82) is 5.26 Å². The second-order valence-corrected chi connectivity index (χ2v) is 4.03. The average molecular weight is 294 g/mol. The third kappa shape index (κ3) is 2.86. The maximum Gasteiger partial charge on any atom is 0.416 e. The van der Waals surface area contributed by atoms with E-state index >= 15 is 0 Å². The van der Waals surface area contributed by atoms with Crippen LogP contribution in [-0.4, -0.2) is 17.1 Å². The molecular weight excluding hydrogens is 285 g/mol. The van der Waals surface area contributed by atoms with Gasteiger partial charge in [-0.25, -0.2) is 4.98 Å². The molecule has 0 aliphatic rings. The van der Waals surface area contributed by atoms with Gasteiger partial charge >= 0.3 is 6.18 Å². The summed E-state index contributed by atoms with van der Waals surface area (Å²) in [7, 11) is 1.29. The number of nitrogens with zero attached hydrogens (tertiary/aromatic N) is 3. The number of rotatable bonds is 2. The highest BCUT2D eigenvalue weighted by Crippen LogP contribution is 2.37. The number of aromatic nitrogens is 2. The van der Waals surface area contributed by atoms with Gasteiger partial charge in [0.05, 0.1) is 18.2 Å². The van der Waals surface area contributed by atoms with Crippen LogP contribution in [0.2, 0.25) is 0 Å². The Morgan fingerprint density at radius 1 is 1.29 bits per heavy atom. The minimum Gasteiger partial charge on any atom is -0.480 e. The van der Waals surface area contributed by atoms with Crippen LogP contribution in [0, 0.1) is 11.3 Å². The predicted octanol–water partition coefficient (Wildman–Crippen LogP) is 2.62. The molecule has 0 aliphatic carbocycles. The van der Waals surface area contributed by atoms with E-state index in [2.05, 4.69) is 9.97 Å². The molecule has 0 saturated heterocycles. The van der Waals surface area contributed by atoms with Gasteiger partial charge in [-0.1, -0.05) is 0 Å². The fourth-order valence-corrected chi connectivity index (χ4v) is 1.73. The largest absolute Gasteiger partial charge is 0.480 e. The molecule has 2 rings (SSSR count). The zero-order chi connectivity index (χ0) is 15.6. The Labute approximate surface area is 117 Å². The number of hydrogen-bond donors (Lipinski definition) is 1. The van der Waals surface area contributed by atoms with Gasteiger partial charge in [0.15, 0.2) is 0 Å². The van der Waals surface area contributed by atoms with Crippen molar-refractivity contribution in [3.8, 4) is 23.1 Å². The highest BCUT2D eigenvalue weighted by atomic mass is 19.4. The number of benzene rings is 1. The van der Waals surface area contributed by atoms with E-state index in [1.165, 1.54) is 13.3 Å². The lowest BCUT2D eigenvalue weighted by atomic mass is 10.0. The minimum absolute atomic E-state index is 0.0208. The van der Waals surface area contributed by atoms with Crippen LogP contribution >= 0.6 is 0 Å². The van der Waals surface area contributed by atoms with Crippen LogP contribution in [0.25, 0.3) is 11.1 Å². The average Bonchev–Trinajstić information content (AvgIpc) is 2.46. The lowest BCUT2D eigenvalue weighted by Crippen LogP contribution is -2.06. The summed E-state index contributed by atoms with van der Waals surface area (Å²) in [5.74, 6) is -0.172. The number of nitrogen functional groups attached to an aromatic ring is 1. The number of hydrogen-bond acceptors (Lipinski definition) is 5. The molecule has 2 N–H and O–H groups in total. The third-order valence-corrected chi connectivity index (χ3v) is 2.72. The summed E-state index contributed by atoms with van der Waals surface area (Å²) < 4.78 is 43.3. The Morgan fingerprint density at radius 3 is 2.57 bits per heavy atom. The first-order valence-electron chi connectivity index (χ1n) is 5.65. The molecule has 0 saturated carbocycles. The normalized spacial score (nSPS) is 11.0. The van der Waals surface area contributed by atoms with Crippen molar-refractivity contribution in [2.24, 2.45) is 0 Å². The van der Waals surface area contributed by atoms with Crippen LogP contribution in [0.4, 0.5) is 18.9 Å². The van der Waals surface area contributed by atoms with Gasteiger partial charge < -0.3 is 10.5 Å². The quantitative estimate of drug-likeness (QED) is 0.861. The fraction of sp³-hybridized carbons (Fsp3) is 0.154. The predicted molar refractivity (Wildman–Crippen MR) is 68.1 cm³/mol. The number of nitrogens with two attached hydrogens (primary N) is 1. The molecule has 0 fully saturated rings. The van der Waals surface area contributed by atoms with Crippen molar-refractivity contribution in [2.45, 2.75) is 6.18 Å². The summed E-state index contributed by atoms with van der Waals surface area (Å²) in [6, 6.07) is 4.64. The van der Waals surface area contributed by atoms with E-state index in [4.69, 9.17) is 15.7 Å². The lowest BCUT2D eigenvalue weighted by Gasteiger charge is -2.13. The molecule has 0 radical (unpaired) electrons. The highest BCUT2D eigenvalue weighted by molar-refractivity contribution is 5.79. The van der Waals surface area contributed by atoms with Gasteiger partial charge in [0.2, 0.25) is 11.7 Å². The first kappa shape index (κ1) is 14.6. The molecule has 0 aliphatic heterocycles. The second kappa shape index (κ2) is 5.28. The summed E-state index contributed by atoms with van der Waals surface area (Å²) in [5, 5.41) is 8.72. The number of alkyl halides is 3. The van der Waals surface area contributed by atoms with Gasteiger partial charge in [0.25, 0.3) is 0 Å². The van der Waals surface area contributed by atoms with E-state index in [9.17, 15) is 13.2 Å². The summed E-state index contributed by atoms with van der Waals surface area (Å²) in [6.45, 7) is 0. The molecule has 0 amide bonds. The third-order valence-electron chi connectivity index (χ3n) is 2.72. The monoisotopic (exact) mass is 294 g/mol. The lowest BCUT2D eigenvalue weighted by molar-refractivity contribution is -0.137. The van der Waals surface area contributed by atoms with Crippen LogP contribution < -0.4 is 10.5 Å². The van der Waals surface area contributed by atoms with Crippen molar-refractivity contribution in [1.82, 2.24) is 9.97 Å². The van der Waals surface area contributed by atoms with Crippen LogP contribution in [-0.2, 0) is 6.18 Å². The van der Waals surface area contributed by atoms with Crippen molar-refractivity contribution in [2.75, 3.05) is 12.8 Å². The fourth-order valence-electron chi connectivity index (χ4n) is 1.73. The summed E-state index contributed by atoms with van der Waals surface area (Å²) in [6.07, 6.45) is -3.29. The smallest absolute Gasteiger partial charge is 0.416 e. The van der Waals surface area contributed by atoms with Crippen molar-refractivity contribution >= 4 is 5.69 Å². The maximum atomic E-state index is 12.8. The molecule has 108 valence electrons. The zero-order valence-corrected chi connectivity index (χ0v) is 10.8. The number of anilines is 1. The number of ether oxygens (including phenoxy) is 1. The van der Waals surface area contributed by atoms with Gasteiger partial charge in [-0.15, -0.1) is 0 Å². The van der Waals surface area contributed by atoms with E-state index in [0.29, 0.717) is 0 Å². The number of halogens is 3. The minimum atomic E-state index is -4.50. The molecule has 2 aromatic rings. The van der Waals surface area contributed by atoms with Gasteiger partial charge in [-0.05, 0) is 18.2 Å². The van der Waals surface area contributed by atoms with E-state index in [1.54, 1.807) is 6.07 Å². The summed E-state index contributed by atoms with van der Waals surface area (Å²) in [4.78, 5) is 7.51. The zero-order valence-electron chi connectivity index (χ0n) is 10.8. The van der Waals surface area contributed by atoms with Crippen LogP contribution in [0.3, 0.4) is 0 Å². The first-order valence-corrected chi connectivity index (χ1v) is 5.65. The molecular formula is C13H9F3N4O. The molecule has 1 heterocycles. The number of nitriles is 1. The summed E-state index contributed by atoms with van der Waals surface area (Å²) in [5.41, 5.74) is 5.26. The summed E-state index contributed by atoms with van der Waals surface area (Å²) >= 11 is 0. The van der Waals surface area contributed by atoms with Crippen molar-refractivity contribution in [3.05, 3.63) is 35.8 Å². The Morgan fingerprint density at radius 2 is 2.00 bits per heavy atom. The highest BCUT2D eigenvalue weighted by Gasteiger charge is 2.31. The van der Waals surface area contributed by atoms with Crippen molar-refractivity contribution < 1.29 is 17.9 Å². The molecule has 1 aromatic carbocycles. The standard InChI is InChI=1S/C13H9F3N4O/c1-21-12-9(6-19-11(5-17)20-12)8-4-7(13(14,15)16)2-3-10(8)18/h2-4,6H,18H2,1H3.